The van der Waals surface area contributed by atoms with E-state index in [1.807, 2.05) is 78.9 Å². The maximum Gasteiger partial charge on any atom is 0.266 e. The van der Waals surface area contributed by atoms with E-state index in [-0.39, 0.29) is 5.91 Å². The van der Waals surface area contributed by atoms with Crippen molar-refractivity contribution in [3.63, 3.8) is 0 Å². The van der Waals surface area contributed by atoms with Crippen molar-refractivity contribution in [1.29, 1.82) is 0 Å². The maximum atomic E-state index is 12.8. The van der Waals surface area contributed by atoms with E-state index in [1.165, 1.54) is 17.3 Å². The Hall–Kier alpha value is -2.89. The number of para-hydroxylation sites is 1. The van der Waals surface area contributed by atoms with Crippen molar-refractivity contribution >= 4 is 40.3 Å². The van der Waals surface area contributed by atoms with Gasteiger partial charge in [0.2, 0.25) is 0 Å². The first-order chi connectivity index (χ1) is 14.2. The predicted octanol–water partition coefficient (Wildman–Crippen LogP) is 5.92. The Morgan fingerprint density at radius 1 is 0.897 bits per heavy atom. The lowest BCUT2D eigenvalue weighted by Crippen LogP contribution is -2.30. The summed E-state index contributed by atoms with van der Waals surface area (Å²) in [7, 11) is 0. The van der Waals surface area contributed by atoms with Crippen LogP contribution < -0.4 is 4.74 Å². The van der Waals surface area contributed by atoms with Gasteiger partial charge in [0.05, 0.1) is 4.91 Å². The molecule has 0 saturated carbocycles. The van der Waals surface area contributed by atoms with Crippen molar-refractivity contribution in [2.45, 2.75) is 6.42 Å². The normalized spacial score (nSPS) is 15.2. The third-order valence-corrected chi connectivity index (χ3v) is 5.85. The molecule has 3 nitrogen and oxygen atoms in total. The Morgan fingerprint density at radius 2 is 1.59 bits per heavy atom. The van der Waals surface area contributed by atoms with Crippen LogP contribution in [-0.2, 0) is 11.2 Å². The summed E-state index contributed by atoms with van der Waals surface area (Å²) < 4.78 is 6.49. The summed E-state index contributed by atoms with van der Waals surface area (Å²) in [5, 5.41) is 0. The summed E-state index contributed by atoms with van der Waals surface area (Å²) in [5.41, 5.74) is 2.10. The quantitative estimate of drug-likeness (QED) is 0.368. The lowest BCUT2D eigenvalue weighted by Gasteiger charge is -2.14. The van der Waals surface area contributed by atoms with Crippen molar-refractivity contribution in [2.24, 2.45) is 0 Å². The lowest BCUT2D eigenvalue weighted by atomic mass is 10.1. The number of ether oxygens (including phenoxy) is 1. The molecule has 5 heteroatoms. The molecule has 0 aliphatic carbocycles. The molecular weight excluding hydrogens is 398 g/mol. The van der Waals surface area contributed by atoms with Gasteiger partial charge < -0.3 is 4.74 Å². The highest BCUT2D eigenvalue weighted by Crippen LogP contribution is 2.33. The largest absolute Gasteiger partial charge is 0.457 e. The third-order valence-electron chi connectivity index (χ3n) is 4.48. The lowest BCUT2D eigenvalue weighted by molar-refractivity contribution is -0.122. The molecule has 0 bridgehead atoms. The topological polar surface area (TPSA) is 29.5 Å². The summed E-state index contributed by atoms with van der Waals surface area (Å²) in [5.74, 6) is 1.46. The summed E-state index contributed by atoms with van der Waals surface area (Å²) in [6, 6.07) is 27.4. The van der Waals surface area contributed by atoms with Gasteiger partial charge in [0, 0.05) is 6.54 Å². The average Bonchev–Trinajstić information content (AvgIpc) is 3.01. The van der Waals surface area contributed by atoms with E-state index in [0.717, 1.165) is 23.5 Å². The first kappa shape index (κ1) is 19.4. The number of thiocarbonyl (C=S) groups is 1. The van der Waals surface area contributed by atoms with Crippen LogP contribution in [0, 0.1) is 0 Å². The summed E-state index contributed by atoms with van der Waals surface area (Å²) in [4.78, 5) is 15.2. The molecule has 1 heterocycles. The van der Waals surface area contributed by atoms with Crippen LogP contribution in [0.15, 0.2) is 89.8 Å². The molecule has 3 aromatic rings. The van der Waals surface area contributed by atoms with E-state index in [1.54, 1.807) is 4.90 Å². The molecule has 0 aromatic heterocycles. The third kappa shape index (κ3) is 4.94. The SMILES string of the molecule is O=C1/C(=C/c2cccc(Oc3ccccc3)c2)SC(=S)N1CCc1ccccc1. The maximum absolute atomic E-state index is 12.8. The first-order valence-corrected chi connectivity index (χ1v) is 10.5. The number of thioether (sulfide) groups is 1. The minimum Gasteiger partial charge on any atom is -0.457 e. The van der Waals surface area contributed by atoms with E-state index in [9.17, 15) is 4.79 Å². The standard InChI is InChI=1S/C24H19NO2S2/c26-23-22(29-24(28)25(23)15-14-18-8-3-1-4-9-18)17-19-10-7-13-21(16-19)27-20-11-5-2-6-12-20/h1-13,16-17H,14-15H2/b22-17-. The zero-order valence-electron chi connectivity index (χ0n) is 15.7. The minimum atomic E-state index is -0.0367. The summed E-state index contributed by atoms with van der Waals surface area (Å²) in [6.45, 7) is 0.586. The van der Waals surface area contributed by atoms with Gasteiger partial charge >= 0.3 is 0 Å². The van der Waals surface area contributed by atoms with Crippen LogP contribution >= 0.6 is 24.0 Å². The number of carbonyl (C=O) groups is 1. The molecule has 0 radical (unpaired) electrons. The monoisotopic (exact) mass is 417 g/mol. The van der Waals surface area contributed by atoms with E-state index in [0.29, 0.717) is 15.8 Å². The Labute approximate surface area is 180 Å². The number of nitrogens with zero attached hydrogens (tertiary/aromatic N) is 1. The summed E-state index contributed by atoms with van der Waals surface area (Å²) >= 11 is 6.79. The number of rotatable bonds is 6. The van der Waals surface area contributed by atoms with Crippen molar-refractivity contribution in [2.75, 3.05) is 6.54 Å². The fourth-order valence-electron chi connectivity index (χ4n) is 3.02. The Kier molecular flexibility index (Phi) is 6.08. The van der Waals surface area contributed by atoms with Crippen LogP contribution in [0.3, 0.4) is 0 Å². The first-order valence-electron chi connectivity index (χ1n) is 9.31. The van der Waals surface area contributed by atoms with Crippen LogP contribution in [0.5, 0.6) is 11.5 Å². The highest BCUT2D eigenvalue weighted by molar-refractivity contribution is 8.26. The van der Waals surface area contributed by atoms with E-state index >= 15 is 0 Å². The van der Waals surface area contributed by atoms with Crippen molar-refractivity contribution < 1.29 is 9.53 Å². The molecule has 1 amide bonds. The van der Waals surface area contributed by atoms with E-state index in [4.69, 9.17) is 17.0 Å². The predicted molar refractivity (Wildman–Crippen MR) is 123 cm³/mol. The zero-order valence-corrected chi connectivity index (χ0v) is 17.3. The molecule has 1 saturated heterocycles. The smallest absolute Gasteiger partial charge is 0.266 e. The van der Waals surface area contributed by atoms with Gasteiger partial charge in [0.25, 0.3) is 5.91 Å². The molecule has 0 spiro atoms. The van der Waals surface area contributed by atoms with Gasteiger partial charge in [-0.1, -0.05) is 84.6 Å². The second-order valence-corrected chi connectivity index (χ2v) is 8.23. The molecule has 3 aromatic carbocycles. The number of carbonyl (C=O) groups excluding carboxylic acids is 1. The molecule has 144 valence electrons. The van der Waals surface area contributed by atoms with Gasteiger partial charge in [-0.3, -0.25) is 9.69 Å². The van der Waals surface area contributed by atoms with Crippen LogP contribution in [0.1, 0.15) is 11.1 Å². The van der Waals surface area contributed by atoms with Crippen molar-refractivity contribution in [3.05, 3.63) is 101 Å². The molecule has 0 atom stereocenters. The Bertz CT molecular complexity index is 1050. The number of amides is 1. The molecule has 1 aliphatic rings. The second-order valence-electron chi connectivity index (χ2n) is 6.56. The second kappa shape index (κ2) is 9.07. The molecule has 29 heavy (non-hydrogen) atoms. The molecule has 1 aliphatic heterocycles. The zero-order chi connectivity index (χ0) is 20.1. The van der Waals surface area contributed by atoms with Gasteiger partial charge in [-0.05, 0) is 47.9 Å². The van der Waals surface area contributed by atoms with Crippen molar-refractivity contribution in [3.8, 4) is 11.5 Å². The van der Waals surface area contributed by atoms with Gasteiger partial charge in [-0.25, -0.2) is 0 Å². The van der Waals surface area contributed by atoms with Gasteiger partial charge in [0.15, 0.2) is 0 Å². The van der Waals surface area contributed by atoms with Crippen LogP contribution in [-0.4, -0.2) is 21.7 Å². The van der Waals surface area contributed by atoms with Crippen molar-refractivity contribution in [1.82, 2.24) is 4.90 Å². The highest BCUT2D eigenvalue weighted by atomic mass is 32.2. The Morgan fingerprint density at radius 3 is 2.34 bits per heavy atom. The van der Waals surface area contributed by atoms with Crippen LogP contribution in [0.25, 0.3) is 6.08 Å². The molecular formula is C24H19NO2S2. The number of hydrogen-bond donors (Lipinski definition) is 0. The molecule has 0 unspecified atom stereocenters. The highest BCUT2D eigenvalue weighted by Gasteiger charge is 2.31. The average molecular weight is 418 g/mol. The van der Waals surface area contributed by atoms with Crippen LogP contribution in [0.2, 0.25) is 0 Å². The number of hydrogen-bond acceptors (Lipinski definition) is 4. The molecule has 1 fully saturated rings. The fourth-order valence-corrected chi connectivity index (χ4v) is 4.33. The van der Waals surface area contributed by atoms with Gasteiger partial charge in [0.1, 0.15) is 15.8 Å². The van der Waals surface area contributed by atoms with Crippen LogP contribution in [0.4, 0.5) is 0 Å². The molecule has 0 N–H and O–H groups in total. The summed E-state index contributed by atoms with van der Waals surface area (Å²) in [6.07, 6.45) is 2.65. The van der Waals surface area contributed by atoms with E-state index < -0.39 is 0 Å². The minimum absolute atomic E-state index is 0.0367. The van der Waals surface area contributed by atoms with E-state index in [2.05, 4.69) is 12.1 Å². The number of benzene rings is 3. The Balaban J connectivity index is 1.46. The van der Waals surface area contributed by atoms with Gasteiger partial charge in [-0.15, -0.1) is 0 Å². The van der Waals surface area contributed by atoms with Gasteiger partial charge in [-0.2, -0.15) is 0 Å². The molecule has 4 rings (SSSR count). The fraction of sp³-hybridized carbons (Fsp3) is 0.0833.